The molecule has 0 aromatic heterocycles. The SMILES string of the molecule is O=CC(=C(O)c1ccccc1)c1ccccc1. The molecule has 17 heavy (non-hydrogen) atoms. The van der Waals surface area contributed by atoms with E-state index in [0.717, 1.165) is 0 Å². The molecule has 0 heterocycles. The van der Waals surface area contributed by atoms with Crippen LogP contribution < -0.4 is 0 Å². The second-order valence-corrected chi connectivity index (χ2v) is 3.61. The molecule has 2 rings (SSSR count). The van der Waals surface area contributed by atoms with Gasteiger partial charge in [-0.15, -0.1) is 0 Å². The Morgan fingerprint density at radius 2 is 1.29 bits per heavy atom. The largest absolute Gasteiger partial charge is 0.507 e. The van der Waals surface area contributed by atoms with E-state index in [2.05, 4.69) is 0 Å². The lowest BCUT2D eigenvalue weighted by atomic mass is 10.0. The topological polar surface area (TPSA) is 37.3 Å². The van der Waals surface area contributed by atoms with Crippen molar-refractivity contribution in [3.05, 3.63) is 71.8 Å². The molecule has 0 atom stereocenters. The van der Waals surface area contributed by atoms with Crippen LogP contribution >= 0.6 is 0 Å². The lowest BCUT2D eigenvalue weighted by Gasteiger charge is -2.05. The molecule has 0 bridgehead atoms. The fraction of sp³-hybridized carbons (Fsp3) is 0. The molecule has 0 aliphatic carbocycles. The van der Waals surface area contributed by atoms with Crippen molar-refractivity contribution in [2.75, 3.05) is 0 Å². The molecule has 0 amide bonds. The molecular formula is C15H12O2. The number of benzene rings is 2. The van der Waals surface area contributed by atoms with Crippen molar-refractivity contribution >= 4 is 17.6 Å². The van der Waals surface area contributed by atoms with Crippen molar-refractivity contribution in [2.45, 2.75) is 0 Å². The average Bonchev–Trinajstić information content (AvgIpc) is 2.42. The molecule has 0 saturated heterocycles. The molecule has 0 unspecified atom stereocenters. The summed E-state index contributed by atoms with van der Waals surface area (Å²) in [7, 11) is 0. The van der Waals surface area contributed by atoms with Crippen molar-refractivity contribution in [1.82, 2.24) is 0 Å². The molecule has 0 spiro atoms. The smallest absolute Gasteiger partial charge is 0.154 e. The van der Waals surface area contributed by atoms with Crippen LogP contribution in [0, 0.1) is 0 Å². The first-order valence-corrected chi connectivity index (χ1v) is 5.32. The van der Waals surface area contributed by atoms with Gasteiger partial charge in [0, 0.05) is 5.56 Å². The van der Waals surface area contributed by atoms with Gasteiger partial charge >= 0.3 is 0 Å². The van der Waals surface area contributed by atoms with Crippen molar-refractivity contribution < 1.29 is 9.90 Å². The van der Waals surface area contributed by atoms with Gasteiger partial charge in [-0.1, -0.05) is 60.7 Å². The van der Waals surface area contributed by atoms with Crippen LogP contribution in [-0.2, 0) is 4.79 Å². The number of carbonyl (C=O) groups is 1. The van der Waals surface area contributed by atoms with Crippen molar-refractivity contribution in [3.8, 4) is 0 Å². The van der Waals surface area contributed by atoms with Gasteiger partial charge in [-0.25, -0.2) is 0 Å². The minimum atomic E-state index is 0.00630. The molecule has 2 aromatic carbocycles. The van der Waals surface area contributed by atoms with Gasteiger partial charge in [0.25, 0.3) is 0 Å². The molecule has 0 aliphatic heterocycles. The third kappa shape index (κ3) is 2.42. The Kier molecular flexibility index (Phi) is 3.36. The number of hydrogen-bond donors (Lipinski definition) is 1. The maximum absolute atomic E-state index is 11.1. The van der Waals surface area contributed by atoms with E-state index in [-0.39, 0.29) is 5.76 Å². The highest BCUT2D eigenvalue weighted by Gasteiger charge is 2.08. The van der Waals surface area contributed by atoms with E-state index in [4.69, 9.17) is 0 Å². The highest BCUT2D eigenvalue weighted by Crippen LogP contribution is 2.22. The van der Waals surface area contributed by atoms with Crippen LogP contribution in [0.2, 0.25) is 0 Å². The average molecular weight is 224 g/mol. The summed E-state index contributed by atoms with van der Waals surface area (Å²) in [6.07, 6.45) is 0.678. The minimum absolute atomic E-state index is 0.00630. The normalized spacial score (nSPS) is 11.8. The van der Waals surface area contributed by atoms with Crippen molar-refractivity contribution in [3.63, 3.8) is 0 Å². The maximum atomic E-state index is 11.1. The lowest BCUT2D eigenvalue weighted by Crippen LogP contribution is -1.92. The number of hydrogen-bond acceptors (Lipinski definition) is 2. The maximum Gasteiger partial charge on any atom is 0.154 e. The molecule has 0 fully saturated rings. The molecule has 2 nitrogen and oxygen atoms in total. The monoisotopic (exact) mass is 224 g/mol. The standard InChI is InChI=1S/C15H12O2/c16-11-14(12-7-3-1-4-8-12)15(17)13-9-5-2-6-10-13/h1-11,17H. The van der Waals surface area contributed by atoms with Crippen molar-refractivity contribution in [1.29, 1.82) is 0 Å². The number of aldehydes is 1. The van der Waals surface area contributed by atoms with Crippen LogP contribution in [0.1, 0.15) is 11.1 Å². The van der Waals surface area contributed by atoms with E-state index in [1.54, 1.807) is 24.3 Å². The Bertz CT molecular complexity index is 527. The number of aliphatic hydroxyl groups excluding tert-OH is 1. The van der Waals surface area contributed by atoms with E-state index < -0.39 is 0 Å². The number of aliphatic hydroxyl groups is 1. The molecule has 2 aromatic rings. The highest BCUT2D eigenvalue weighted by atomic mass is 16.3. The van der Waals surface area contributed by atoms with Crippen LogP contribution in [0.3, 0.4) is 0 Å². The highest BCUT2D eigenvalue weighted by molar-refractivity contribution is 6.15. The summed E-state index contributed by atoms with van der Waals surface area (Å²) < 4.78 is 0. The van der Waals surface area contributed by atoms with E-state index in [9.17, 15) is 9.90 Å². The van der Waals surface area contributed by atoms with Gasteiger partial charge in [-0.2, -0.15) is 0 Å². The predicted molar refractivity (Wildman–Crippen MR) is 68.4 cm³/mol. The number of rotatable bonds is 3. The van der Waals surface area contributed by atoms with Crippen LogP contribution in [0.4, 0.5) is 0 Å². The summed E-state index contributed by atoms with van der Waals surface area (Å²) >= 11 is 0. The summed E-state index contributed by atoms with van der Waals surface area (Å²) in [5.41, 5.74) is 1.65. The van der Waals surface area contributed by atoms with Crippen LogP contribution in [0.15, 0.2) is 60.7 Å². The summed E-state index contributed by atoms with van der Waals surface area (Å²) in [5, 5.41) is 10.1. The van der Waals surface area contributed by atoms with Crippen LogP contribution in [0.5, 0.6) is 0 Å². The molecule has 0 saturated carbocycles. The molecule has 0 aliphatic rings. The van der Waals surface area contributed by atoms with Gasteiger partial charge in [0.05, 0.1) is 5.57 Å². The quantitative estimate of drug-likeness (QED) is 0.376. The van der Waals surface area contributed by atoms with Gasteiger partial charge in [-0.3, -0.25) is 4.79 Å². The Morgan fingerprint density at radius 1 is 0.824 bits per heavy atom. The zero-order chi connectivity index (χ0) is 12.1. The third-order valence-electron chi connectivity index (χ3n) is 2.50. The second kappa shape index (κ2) is 5.12. The second-order valence-electron chi connectivity index (χ2n) is 3.61. The van der Waals surface area contributed by atoms with Gasteiger partial charge < -0.3 is 5.11 Å². The predicted octanol–water partition coefficient (Wildman–Crippen LogP) is 3.31. The van der Waals surface area contributed by atoms with Gasteiger partial charge in [0.2, 0.25) is 0 Å². The first kappa shape index (κ1) is 11.1. The lowest BCUT2D eigenvalue weighted by molar-refractivity contribution is -0.103. The molecule has 84 valence electrons. The summed E-state index contributed by atoms with van der Waals surface area (Å²) in [5.74, 6) is 0.00630. The fourth-order valence-electron chi connectivity index (χ4n) is 1.63. The minimum Gasteiger partial charge on any atom is -0.507 e. The first-order valence-electron chi connectivity index (χ1n) is 5.32. The van der Waals surface area contributed by atoms with Gasteiger partial charge in [0.15, 0.2) is 6.29 Å². The van der Waals surface area contributed by atoms with Crippen LogP contribution in [-0.4, -0.2) is 11.4 Å². The molecule has 1 N–H and O–H groups in total. The Balaban J connectivity index is 2.52. The van der Waals surface area contributed by atoms with E-state index >= 15 is 0 Å². The molecule has 2 heteroatoms. The van der Waals surface area contributed by atoms with E-state index in [1.165, 1.54) is 0 Å². The van der Waals surface area contributed by atoms with Gasteiger partial charge in [-0.05, 0) is 5.56 Å². The first-order chi connectivity index (χ1) is 8.33. The van der Waals surface area contributed by atoms with E-state index in [0.29, 0.717) is 23.0 Å². The number of carbonyl (C=O) groups excluding carboxylic acids is 1. The molecular weight excluding hydrogens is 212 g/mol. The fourth-order valence-corrected chi connectivity index (χ4v) is 1.63. The van der Waals surface area contributed by atoms with Gasteiger partial charge in [0.1, 0.15) is 5.76 Å². The summed E-state index contributed by atoms with van der Waals surface area (Å²) in [4.78, 5) is 11.1. The Morgan fingerprint density at radius 3 is 1.76 bits per heavy atom. The summed E-state index contributed by atoms with van der Waals surface area (Å²) in [6, 6.07) is 18.1. The van der Waals surface area contributed by atoms with Crippen LogP contribution in [0.25, 0.3) is 11.3 Å². The summed E-state index contributed by atoms with van der Waals surface area (Å²) in [6.45, 7) is 0. The number of allylic oxidation sites excluding steroid dienone is 1. The van der Waals surface area contributed by atoms with Crippen molar-refractivity contribution in [2.24, 2.45) is 0 Å². The third-order valence-corrected chi connectivity index (χ3v) is 2.50. The molecule has 0 radical (unpaired) electrons. The zero-order valence-corrected chi connectivity index (χ0v) is 9.21. The zero-order valence-electron chi connectivity index (χ0n) is 9.21. The Labute approximate surface area is 99.8 Å². The Hall–Kier alpha value is -2.35. The van der Waals surface area contributed by atoms with E-state index in [1.807, 2.05) is 36.4 Å².